The number of rotatable bonds is 6. The van der Waals surface area contributed by atoms with Crippen LogP contribution in [0.3, 0.4) is 0 Å². The summed E-state index contributed by atoms with van der Waals surface area (Å²) in [6.07, 6.45) is 5.30. The summed E-state index contributed by atoms with van der Waals surface area (Å²) in [5, 5.41) is 16.1. The number of amides is 2. The van der Waals surface area contributed by atoms with Gasteiger partial charge in [0, 0.05) is 6.54 Å². The molecule has 0 aromatic carbocycles. The van der Waals surface area contributed by atoms with Crippen LogP contribution in [0.1, 0.15) is 45.9 Å². The van der Waals surface area contributed by atoms with Gasteiger partial charge in [0.1, 0.15) is 0 Å². The maximum absolute atomic E-state index is 12.1. The first-order valence-electron chi connectivity index (χ1n) is 8.04. The Hall–Kier alpha value is -2.12. The zero-order valence-electron chi connectivity index (χ0n) is 13.2. The first-order valence-corrected chi connectivity index (χ1v) is 8.86. The molecule has 3 rings (SSSR count). The number of hydrogen-bond donors (Lipinski definition) is 3. The summed E-state index contributed by atoms with van der Waals surface area (Å²) in [5.41, 5.74) is 0. The summed E-state index contributed by atoms with van der Waals surface area (Å²) in [7, 11) is 0. The minimum Gasteiger partial charge on any atom is -0.459 e. The monoisotopic (exact) mass is 348 g/mol. The van der Waals surface area contributed by atoms with Crippen LogP contribution in [0.2, 0.25) is 0 Å². The van der Waals surface area contributed by atoms with Crippen molar-refractivity contribution in [3.05, 3.63) is 41.2 Å². The molecule has 1 saturated carbocycles. The molecule has 3 N–H and O–H groups in total. The van der Waals surface area contributed by atoms with Crippen LogP contribution >= 0.6 is 11.3 Å². The lowest BCUT2D eigenvalue weighted by Gasteiger charge is -2.17. The fourth-order valence-electron chi connectivity index (χ4n) is 2.90. The Kier molecular flexibility index (Phi) is 5.32. The van der Waals surface area contributed by atoms with Crippen molar-refractivity contribution in [1.82, 2.24) is 5.32 Å². The molecule has 1 unspecified atom stereocenters. The van der Waals surface area contributed by atoms with E-state index in [0.29, 0.717) is 9.88 Å². The average molecular weight is 348 g/mol. The summed E-state index contributed by atoms with van der Waals surface area (Å²) < 4.78 is 5.02. The number of aliphatic hydroxyl groups excluding tert-OH is 1. The van der Waals surface area contributed by atoms with Crippen LogP contribution in [0.25, 0.3) is 0 Å². The number of carbonyl (C=O) groups is 2. The quantitative estimate of drug-likeness (QED) is 0.748. The Labute approximate surface area is 143 Å². The molecule has 0 bridgehead atoms. The number of anilines is 1. The van der Waals surface area contributed by atoms with Gasteiger partial charge in [0.05, 0.1) is 22.2 Å². The lowest BCUT2D eigenvalue weighted by Crippen LogP contribution is -2.35. The normalized spacial score (nSPS) is 16.0. The highest BCUT2D eigenvalue weighted by Crippen LogP contribution is 2.27. The standard InChI is InChI=1S/C17H20N2O4S/c20-12(11-4-1-2-5-11)10-18-17(22)14-7-8-15(24-14)19-16(21)13-6-3-9-23-13/h3,6-9,11-12,20H,1-2,4-5,10H2,(H,18,22)(H,19,21). The Bertz CT molecular complexity index is 689. The molecule has 2 aromatic rings. The summed E-state index contributed by atoms with van der Waals surface area (Å²) in [5.74, 6) is -0.0909. The highest BCUT2D eigenvalue weighted by atomic mass is 32.1. The molecule has 1 aliphatic carbocycles. The van der Waals surface area contributed by atoms with Gasteiger partial charge in [-0.15, -0.1) is 11.3 Å². The van der Waals surface area contributed by atoms with E-state index in [-0.39, 0.29) is 30.0 Å². The second-order valence-electron chi connectivity index (χ2n) is 5.92. The average Bonchev–Trinajstić information content (AvgIpc) is 3.33. The van der Waals surface area contributed by atoms with E-state index in [2.05, 4.69) is 10.6 Å². The number of hydrogen-bond acceptors (Lipinski definition) is 5. The molecule has 6 nitrogen and oxygen atoms in total. The van der Waals surface area contributed by atoms with Gasteiger partial charge in [-0.3, -0.25) is 9.59 Å². The van der Waals surface area contributed by atoms with Crippen molar-refractivity contribution in [1.29, 1.82) is 0 Å². The molecule has 7 heteroatoms. The Balaban J connectivity index is 1.51. The lowest BCUT2D eigenvalue weighted by atomic mass is 10.0. The van der Waals surface area contributed by atoms with Crippen molar-refractivity contribution < 1.29 is 19.1 Å². The van der Waals surface area contributed by atoms with Crippen LogP contribution in [0, 0.1) is 5.92 Å². The van der Waals surface area contributed by atoms with Crippen LogP contribution in [-0.2, 0) is 0 Å². The van der Waals surface area contributed by atoms with Crippen molar-refractivity contribution in [3.63, 3.8) is 0 Å². The topological polar surface area (TPSA) is 91.6 Å². The molecule has 1 atom stereocenters. The minimum absolute atomic E-state index is 0.217. The van der Waals surface area contributed by atoms with E-state index in [1.807, 2.05) is 0 Å². The summed E-state index contributed by atoms with van der Waals surface area (Å²) in [6.45, 7) is 0.259. The summed E-state index contributed by atoms with van der Waals surface area (Å²) in [4.78, 5) is 24.5. The van der Waals surface area contributed by atoms with Crippen molar-refractivity contribution in [2.45, 2.75) is 31.8 Å². The number of thiophene rings is 1. The fraction of sp³-hybridized carbons (Fsp3) is 0.412. The van der Waals surface area contributed by atoms with E-state index in [1.54, 1.807) is 24.3 Å². The van der Waals surface area contributed by atoms with Gasteiger partial charge in [0.15, 0.2) is 5.76 Å². The highest BCUT2D eigenvalue weighted by molar-refractivity contribution is 7.18. The van der Waals surface area contributed by atoms with Gasteiger partial charge >= 0.3 is 0 Å². The zero-order chi connectivity index (χ0) is 16.9. The highest BCUT2D eigenvalue weighted by Gasteiger charge is 2.23. The van der Waals surface area contributed by atoms with Crippen LogP contribution in [-0.4, -0.2) is 29.6 Å². The molecule has 1 fully saturated rings. The fourth-order valence-corrected chi connectivity index (χ4v) is 3.72. The molecule has 2 heterocycles. The minimum atomic E-state index is -0.491. The number of aliphatic hydroxyl groups is 1. The largest absolute Gasteiger partial charge is 0.459 e. The van der Waals surface area contributed by atoms with Crippen molar-refractivity contribution >= 4 is 28.2 Å². The van der Waals surface area contributed by atoms with E-state index in [9.17, 15) is 14.7 Å². The van der Waals surface area contributed by atoms with Gasteiger partial charge in [-0.25, -0.2) is 0 Å². The molecule has 0 spiro atoms. The summed E-state index contributed by atoms with van der Waals surface area (Å²) in [6, 6.07) is 6.53. The molecule has 1 aliphatic rings. The molecule has 0 radical (unpaired) electrons. The predicted octanol–water partition coefficient (Wildman–Crippen LogP) is 2.87. The zero-order valence-corrected chi connectivity index (χ0v) is 14.0. The van der Waals surface area contributed by atoms with E-state index in [4.69, 9.17) is 4.42 Å². The third-order valence-corrected chi connectivity index (χ3v) is 5.23. The van der Waals surface area contributed by atoms with Crippen LogP contribution in [0.4, 0.5) is 5.00 Å². The second-order valence-corrected chi connectivity index (χ2v) is 7.00. The molecule has 2 aromatic heterocycles. The van der Waals surface area contributed by atoms with E-state index in [1.165, 1.54) is 17.6 Å². The van der Waals surface area contributed by atoms with Gasteiger partial charge in [0.25, 0.3) is 11.8 Å². The molecule has 24 heavy (non-hydrogen) atoms. The molecular formula is C17H20N2O4S. The third kappa shape index (κ3) is 4.04. The van der Waals surface area contributed by atoms with Gasteiger partial charge in [-0.1, -0.05) is 12.8 Å². The summed E-state index contributed by atoms with van der Waals surface area (Å²) >= 11 is 1.18. The van der Waals surface area contributed by atoms with Crippen LogP contribution < -0.4 is 10.6 Å². The SMILES string of the molecule is O=C(Nc1ccc(C(=O)NCC(O)C2CCCC2)s1)c1ccco1. The van der Waals surface area contributed by atoms with Gasteiger partial charge < -0.3 is 20.2 Å². The third-order valence-electron chi connectivity index (χ3n) is 4.23. The van der Waals surface area contributed by atoms with E-state index >= 15 is 0 Å². The molecule has 0 saturated heterocycles. The van der Waals surface area contributed by atoms with E-state index in [0.717, 1.165) is 25.7 Å². The Morgan fingerprint density at radius 2 is 2.04 bits per heavy atom. The molecular weight excluding hydrogens is 328 g/mol. The number of nitrogens with one attached hydrogen (secondary N) is 2. The maximum Gasteiger partial charge on any atom is 0.291 e. The maximum atomic E-state index is 12.1. The lowest BCUT2D eigenvalue weighted by molar-refractivity contribution is 0.0844. The molecule has 0 aliphatic heterocycles. The molecule has 128 valence electrons. The van der Waals surface area contributed by atoms with Crippen molar-refractivity contribution in [2.75, 3.05) is 11.9 Å². The van der Waals surface area contributed by atoms with Gasteiger partial charge in [-0.05, 0) is 43.0 Å². The first-order chi connectivity index (χ1) is 11.6. The van der Waals surface area contributed by atoms with Gasteiger partial charge in [-0.2, -0.15) is 0 Å². The predicted molar refractivity (Wildman–Crippen MR) is 91.3 cm³/mol. The van der Waals surface area contributed by atoms with Crippen LogP contribution in [0.15, 0.2) is 34.9 Å². The van der Waals surface area contributed by atoms with Gasteiger partial charge in [0.2, 0.25) is 0 Å². The first kappa shape index (κ1) is 16.7. The van der Waals surface area contributed by atoms with Crippen LogP contribution in [0.5, 0.6) is 0 Å². The number of furan rings is 1. The Morgan fingerprint density at radius 1 is 1.25 bits per heavy atom. The van der Waals surface area contributed by atoms with E-state index < -0.39 is 6.10 Å². The van der Waals surface area contributed by atoms with Crippen molar-refractivity contribution in [3.8, 4) is 0 Å². The Morgan fingerprint density at radius 3 is 2.75 bits per heavy atom. The smallest absolute Gasteiger partial charge is 0.291 e. The number of carbonyl (C=O) groups excluding carboxylic acids is 2. The van der Waals surface area contributed by atoms with Crippen molar-refractivity contribution in [2.24, 2.45) is 5.92 Å². The second kappa shape index (κ2) is 7.63. The molecule has 2 amide bonds.